The zero-order valence-corrected chi connectivity index (χ0v) is 14.6. The lowest BCUT2D eigenvalue weighted by Crippen LogP contribution is -2.07. The molecule has 1 atom stereocenters. The van der Waals surface area contributed by atoms with Crippen LogP contribution in [0.15, 0.2) is 18.2 Å². The van der Waals surface area contributed by atoms with Crippen molar-refractivity contribution in [3.8, 4) is 11.8 Å². The summed E-state index contributed by atoms with van der Waals surface area (Å²) in [6, 6.07) is 4.97. The monoisotopic (exact) mass is 359 g/mol. The zero-order valence-electron chi connectivity index (χ0n) is 12.3. The average Bonchev–Trinajstić information content (AvgIpc) is 2.52. The molecule has 0 bridgehead atoms. The molecule has 5 nitrogen and oxygen atoms in total. The summed E-state index contributed by atoms with van der Waals surface area (Å²) in [5.74, 6) is 1.35. The Morgan fingerprint density at radius 2 is 1.59 bits per heavy atom. The van der Waals surface area contributed by atoms with E-state index in [1.165, 1.54) is 26.0 Å². The standard InChI is InChI=1S/C14H15Cl2N3O2S/c1-20-11-6-12(21-2)19-14(18-11)13(22-3)7-4-8(15)9(16)5-10(7)17/h4-6,13H,17H2,1-3H3. The molecule has 2 aromatic rings. The maximum absolute atomic E-state index is 6.10. The molecule has 0 amide bonds. The van der Waals surface area contributed by atoms with Crippen LogP contribution < -0.4 is 15.2 Å². The molecule has 0 fully saturated rings. The summed E-state index contributed by atoms with van der Waals surface area (Å²) < 4.78 is 10.4. The summed E-state index contributed by atoms with van der Waals surface area (Å²) in [4.78, 5) is 8.75. The molecular weight excluding hydrogens is 345 g/mol. The molecule has 0 saturated heterocycles. The van der Waals surface area contributed by atoms with E-state index in [0.29, 0.717) is 33.3 Å². The van der Waals surface area contributed by atoms with Gasteiger partial charge in [0.15, 0.2) is 5.82 Å². The molecule has 2 N–H and O–H groups in total. The van der Waals surface area contributed by atoms with Crippen molar-refractivity contribution >= 4 is 40.7 Å². The molecule has 118 valence electrons. The Hall–Kier alpha value is -1.37. The molecule has 1 heterocycles. The number of hydrogen-bond donors (Lipinski definition) is 1. The van der Waals surface area contributed by atoms with Crippen molar-refractivity contribution in [1.82, 2.24) is 9.97 Å². The molecule has 0 saturated carbocycles. The first-order valence-electron chi connectivity index (χ1n) is 6.24. The predicted octanol–water partition coefficient (Wildman–Crippen LogP) is 3.84. The minimum absolute atomic E-state index is 0.223. The Labute approximate surface area is 143 Å². The van der Waals surface area contributed by atoms with E-state index < -0.39 is 0 Å². The number of nitrogen functional groups attached to an aromatic ring is 1. The van der Waals surface area contributed by atoms with Gasteiger partial charge in [0.25, 0.3) is 0 Å². The molecule has 0 aliphatic rings. The van der Waals surface area contributed by atoms with E-state index in [-0.39, 0.29) is 5.25 Å². The topological polar surface area (TPSA) is 70.3 Å². The van der Waals surface area contributed by atoms with Crippen molar-refractivity contribution in [1.29, 1.82) is 0 Å². The molecule has 0 spiro atoms. The summed E-state index contributed by atoms with van der Waals surface area (Å²) in [6.45, 7) is 0. The first-order valence-corrected chi connectivity index (χ1v) is 8.28. The van der Waals surface area contributed by atoms with Gasteiger partial charge >= 0.3 is 0 Å². The summed E-state index contributed by atoms with van der Waals surface area (Å²) in [6.07, 6.45) is 1.93. The first kappa shape index (κ1) is 17.0. The Balaban J connectivity index is 2.55. The number of anilines is 1. The molecule has 1 aromatic heterocycles. The van der Waals surface area contributed by atoms with Crippen LogP contribution in [0.25, 0.3) is 0 Å². The number of aromatic nitrogens is 2. The Morgan fingerprint density at radius 1 is 1.05 bits per heavy atom. The Bertz CT molecular complexity index is 663. The van der Waals surface area contributed by atoms with Crippen molar-refractivity contribution in [3.05, 3.63) is 39.6 Å². The number of methoxy groups -OCH3 is 2. The molecule has 0 aliphatic carbocycles. The molecule has 2 rings (SSSR count). The van der Waals surface area contributed by atoms with Gasteiger partial charge in [0.05, 0.1) is 35.6 Å². The van der Waals surface area contributed by atoms with Crippen molar-refractivity contribution in [2.75, 3.05) is 26.2 Å². The third-order valence-electron chi connectivity index (χ3n) is 2.99. The highest BCUT2D eigenvalue weighted by molar-refractivity contribution is 7.99. The SMILES string of the molecule is COc1cc(OC)nc(C(SC)c2cc(Cl)c(Cl)cc2N)n1. The number of halogens is 2. The quantitative estimate of drug-likeness (QED) is 0.817. The van der Waals surface area contributed by atoms with Gasteiger partial charge in [-0.1, -0.05) is 23.2 Å². The average molecular weight is 360 g/mol. The van der Waals surface area contributed by atoms with Gasteiger partial charge in [-0.15, -0.1) is 11.8 Å². The minimum atomic E-state index is -0.223. The molecule has 1 aromatic carbocycles. The van der Waals surface area contributed by atoms with E-state index >= 15 is 0 Å². The summed E-state index contributed by atoms with van der Waals surface area (Å²) in [5.41, 5.74) is 7.39. The van der Waals surface area contributed by atoms with Crippen LogP contribution in [0.1, 0.15) is 16.6 Å². The largest absolute Gasteiger partial charge is 0.481 e. The van der Waals surface area contributed by atoms with Gasteiger partial charge in [0.2, 0.25) is 11.8 Å². The minimum Gasteiger partial charge on any atom is -0.481 e. The highest BCUT2D eigenvalue weighted by Gasteiger charge is 2.22. The Morgan fingerprint density at radius 3 is 2.09 bits per heavy atom. The number of ether oxygens (including phenoxy) is 2. The molecular formula is C14H15Cl2N3O2S. The van der Waals surface area contributed by atoms with Gasteiger partial charge in [-0.2, -0.15) is 9.97 Å². The van der Waals surface area contributed by atoms with E-state index in [1.807, 2.05) is 6.26 Å². The third kappa shape index (κ3) is 3.51. The van der Waals surface area contributed by atoms with Crippen LogP contribution in [0.4, 0.5) is 5.69 Å². The van der Waals surface area contributed by atoms with Gasteiger partial charge in [-0.25, -0.2) is 0 Å². The third-order valence-corrected chi connectivity index (χ3v) is 4.65. The highest BCUT2D eigenvalue weighted by Crippen LogP contribution is 2.39. The van der Waals surface area contributed by atoms with Gasteiger partial charge in [0.1, 0.15) is 0 Å². The predicted molar refractivity (Wildman–Crippen MR) is 91.4 cm³/mol. The van der Waals surface area contributed by atoms with Crippen LogP contribution in [0.5, 0.6) is 11.8 Å². The lowest BCUT2D eigenvalue weighted by atomic mass is 10.1. The number of rotatable bonds is 5. The fraction of sp³-hybridized carbons (Fsp3) is 0.286. The lowest BCUT2D eigenvalue weighted by Gasteiger charge is -2.17. The van der Waals surface area contributed by atoms with E-state index in [0.717, 1.165) is 5.56 Å². The summed E-state index contributed by atoms with van der Waals surface area (Å²) in [5, 5.41) is 0.616. The van der Waals surface area contributed by atoms with E-state index in [4.69, 9.17) is 38.4 Å². The number of nitrogens with two attached hydrogens (primary N) is 1. The van der Waals surface area contributed by atoms with Crippen LogP contribution in [0.2, 0.25) is 10.0 Å². The summed E-state index contributed by atoms with van der Waals surface area (Å²) >= 11 is 13.6. The van der Waals surface area contributed by atoms with Gasteiger partial charge < -0.3 is 15.2 Å². The van der Waals surface area contributed by atoms with Crippen molar-refractivity contribution in [2.24, 2.45) is 0 Å². The zero-order chi connectivity index (χ0) is 16.3. The van der Waals surface area contributed by atoms with Crippen LogP contribution in [-0.2, 0) is 0 Å². The van der Waals surface area contributed by atoms with Crippen LogP contribution in [-0.4, -0.2) is 30.4 Å². The van der Waals surface area contributed by atoms with Gasteiger partial charge in [-0.3, -0.25) is 0 Å². The molecule has 1 unspecified atom stereocenters. The molecule has 8 heteroatoms. The van der Waals surface area contributed by atoms with Crippen LogP contribution in [0, 0.1) is 0 Å². The summed E-state index contributed by atoms with van der Waals surface area (Å²) in [7, 11) is 3.07. The number of thioether (sulfide) groups is 1. The first-order chi connectivity index (χ1) is 10.5. The van der Waals surface area contributed by atoms with E-state index in [2.05, 4.69) is 9.97 Å². The van der Waals surface area contributed by atoms with Crippen molar-refractivity contribution < 1.29 is 9.47 Å². The maximum atomic E-state index is 6.10. The maximum Gasteiger partial charge on any atom is 0.220 e. The number of nitrogens with zero attached hydrogens (tertiary/aromatic N) is 2. The van der Waals surface area contributed by atoms with E-state index in [9.17, 15) is 0 Å². The van der Waals surface area contributed by atoms with Crippen LogP contribution >= 0.6 is 35.0 Å². The second-order valence-electron chi connectivity index (χ2n) is 4.32. The molecule has 0 aliphatic heterocycles. The Kier molecular flexibility index (Phi) is 5.61. The number of hydrogen-bond acceptors (Lipinski definition) is 6. The molecule has 0 radical (unpaired) electrons. The molecule has 22 heavy (non-hydrogen) atoms. The van der Waals surface area contributed by atoms with Crippen molar-refractivity contribution in [2.45, 2.75) is 5.25 Å². The fourth-order valence-electron chi connectivity index (χ4n) is 1.92. The fourth-order valence-corrected chi connectivity index (χ4v) is 3.04. The smallest absolute Gasteiger partial charge is 0.220 e. The van der Waals surface area contributed by atoms with Gasteiger partial charge in [0, 0.05) is 5.69 Å². The number of benzene rings is 1. The van der Waals surface area contributed by atoms with Crippen molar-refractivity contribution in [3.63, 3.8) is 0 Å². The second kappa shape index (κ2) is 7.26. The second-order valence-corrected chi connectivity index (χ2v) is 6.08. The normalized spacial score (nSPS) is 12.0. The van der Waals surface area contributed by atoms with Gasteiger partial charge in [-0.05, 0) is 24.0 Å². The highest BCUT2D eigenvalue weighted by atomic mass is 35.5. The van der Waals surface area contributed by atoms with Crippen LogP contribution in [0.3, 0.4) is 0 Å². The van der Waals surface area contributed by atoms with E-state index in [1.54, 1.807) is 18.2 Å². The lowest BCUT2D eigenvalue weighted by molar-refractivity contribution is 0.368.